The van der Waals surface area contributed by atoms with Crippen molar-refractivity contribution in [3.8, 4) is 0 Å². The van der Waals surface area contributed by atoms with Crippen LogP contribution >= 0.6 is 11.3 Å². The Balaban J connectivity index is 3.05. The molecule has 4 N–H and O–H groups in total. The van der Waals surface area contributed by atoms with Gasteiger partial charge in [-0.15, -0.1) is 0 Å². The van der Waals surface area contributed by atoms with Crippen molar-refractivity contribution >= 4 is 32.0 Å². The monoisotopic (exact) mass is 310 g/mol. The number of hydrazine groups is 1. The fourth-order valence-corrected chi connectivity index (χ4v) is 3.82. The highest BCUT2D eigenvalue weighted by atomic mass is 32.2. The zero-order valence-electron chi connectivity index (χ0n) is 10.2. The summed E-state index contributed by atoms with van der Waals surface area (Å²) >= 11 is 0.686. The van der Waals surface area contributed by atoms with Crippen LogP contribution in [0.4, 0.5) is 10.7 Å². The van der Waals surface area contributed by atoms with Crippen molar-refractivity contribution in [2.24, 2.45) is 5.84 Å². The number of nitro groups is 1. The van der Waals surface area contributed by atoms with Crippen LogP contribution in [0, 0.1) is 10.1 Å². The summed E-state index contributed by atoms with van der Waals surface area (Å²) in [5, 5.41) is 10.7. The Morgan fingerprint density at radius 2 is 2.26 bits per heavy atom. The summed E-state index contributed by atoms with van der Waals surface area (Å²) in [6.07, 6.45) is 0. The number of ether oxygens (including phenoxy) is 1. The molecule has 9 nitrogen and oxygen atoms in total. The molecule has 0 aromatic carbocycles. The Kier molecular flexibility index (Phi) is 5.20. The van der Waals surface area contributed by atoms with E-state index in [9.17, 15) is 18.5 Å². The standard InChI is InChI=1S/C8H14N4O5S2/c1-5(4-17-2)11-19(15,16)7-3-6(12(13)14)8(10-9)18-7/h3,5,10-11H,4,9H2,1-2H3. The van der Waals surface area contributed by atoms with Crippen molar-refractivity contribution in [1.29, 1.82) is 0 Å². The maximum atomic E-state index is 12.0. The number of rotatable bonds is 7. The maximum Gasteiger partial charge on any atom is 0.306 e. The van der Waals surface area contributed by atoms with Gasteiger partial charge in [-0.1, -0.05) is 11.3 Å². The molecule has 108 valence electrons. The van der Waals surface area contributed by atoms with E-state index in [-0.39, 0.29) is 21.5 Å². The van der Waals surface area contributed by atoms with Crippen LogP contribution < -0.4 is 16.0 Å². The predicted molar refractivity (Wildman–Crippen MR) is 70.4 cm³/mol. The molecular weight excluding hydrogens is 296 g/mol. The smallest absolute Gasteiger partial charge is 0.306 e. The number of nitrogens with two attached hydrogens (primary N) is 1. The molecule has 11 heteroatoms. The first-order valence-corrected chi connectivity index (χ1v) is 7.38. The summed E-state index contributed by atoms with van der Waals surface area (Å²) in [5.41, 5.74) is 1.73. The Hall–Kier alpha value is -1.27. The van der Waals surface area contributed by atoms with Gasteiger partial charge in [-0.05, 0) is 6.92 Å². The molecule has 0 fully saturated rings. The molecule has 1 atom stereocenters. The second-order valence-corrected chi connectivity index (χ2v) is 6.65. The average molecular weight is 310 g/mol. The number of sulfonamides is 1. The third kappa shape index (κ3) is 3.84. The van der Waals surface area contributed by atoms with E-state index in [0.717, 1.165) is 6.07 Å². The van der Waals surface area contributed by atoms with Crippen molar-refractivity contribution in [1.82, 2.24) is 4.72 Å². The van der Waals surface area contributed by atoms with Crippen molar-refractivity contribution in [2.75, 3.05) is 19.1 Å². The number of thiophene rings is 1. The largest absolute Gasteiger partial charge is 0.383 e. The first-order valence-electron chi connectivity index (χ1n) is 5.08. The first-order chi connectivity index (χ1) is 8.81. The van der Waals surface area contributed by atoms with Gasteiger partial charge >= 0.3 is 5.69 Å². The van der Waals surface area contributed by atoms with Crippen molar-refractivity contribution in [2.45, 2.75) is 17.2 Å². The van der Waals surface area contributed by atoms with Crippen LogP contribution in [0.1, 0.15) is 6.92 Å². The van der Waals surface area contributed by atoms with Gasteiger partial charge in [0.2, 0.25) is 0 Å². The zero-order valence-corrected chi connectivity index (χ0v) is 11.9. The molecular formula is C8H14N4O5S2. The molecule has 0 saturated carbocycles. The van der Waals surface area contributed by atoms with E-state index in [4.69, 9.17) is 10.6 Å². The van der Waals surface area contributed by atoms with E-state index in [0.29, 0.717) is 11.3 Å². The van der Waals surface area contributed by atoms with Gasteiger partial charge in [0.1, 0.15) is 4.21 Å². The molecule has 0 spiro atoms. The Morgan fingerprint density at radius 1 is 1.63 bits per heavy atom. The minimum absolute atomic E-state index is 0.0234. The van der Waals surface area contributed by atoms with Gasteiger partial charge in [0.05, 0.1) is 11.5 Å². The topological polar surface area (TPSA) is 137 Å². The van der Waals surface area contributed by atoms with Gasteiger partial charge in [-0.3, -0.25) is 10.1 Å². The molecule has 1 aromatic heterocycles. The fourth-order valence-electron chi connectivity index (χ4n) is 1.34. The predicted octanol–water partition coefficient (Wildman–Crippen LogP) is 0.255. The van der Waals surface area contributed by atoms with Crippen LogP contribution in [0.5, 0.6) is 0 Å². The Labute approximate surface area is 113 Å². The summed E-state index contributed by atoms with van der Waals surface area (Å²) in [6.45, 7) is 1.81. The molecule has 0 radical (unpaired) electrons. The van der Waals surface area contributed by atoms with Crippen molar-refractivity contribution in [3.63, 3.8) is 0 Å². The average Bonchev–Trinajstić information content (AvgIpc) is 2.73. The van der Waals surface area contributed by atoms with Crippen LogP contribution in [0.25, 0.3) is 0 Å². The number of anilines is 1. The first kappa shape index (κ1) is 15.8. The molecule has 0 saturated heterocycles. The minimum atomic E-state index is -3.84. The molecule has 0 bridgehead atoms. The lowest BCUT2D eigenvalue weighted by molar-refractivity contribution is -0.383. The number of hydrogen-bond donors (Lipinski definition) is 3. The maximum absolute atomic E-state index is 12.0. The zero-order chi connectivity index (χ0) is 14.6. The normalized spacial score (nSPS) is 13.2. The fraction of sp³-hybridized carbons (Fsp3) is 0.500. The Morgan fingerprint density at radius 3 is 2.68 bits per heavy atom. The van der Waals surface area contributed by atoms with Gasteiger partial charge in [0, 0.05) is 19.2 Å². The van der Waals surface area contributed by atoms with Gasteiger partial charge < -0.3 is 10.2 Å². The summed E-state index contributed by atoms with van der Waals surface area (Å²) in [5.74, 6) is 5.11. The van der Waals surface area contributed by atoms with Crippen molar-refractivity contribution < 1.29 is 18.1 Å². The van der Waals surface area contributed by atoms with Gasteiger partial charge in [0.15, 0.2) is 5.00 Å². The van der Waals surface area contributed by atoms with Crippen LogP contribution in [-0.2, 0) is 14.8 Å². The highest BCUT2D eigenvalue weighted by Crippen LogP contribution is 2.36. The van der Waals surface area contributed by atoms with E-state index < -0.39 is 21.0 Å². The molecule has 1 aromatic rings. The van der Waals surface area contributed by atoms with E-state index in [1.165, 1.54) is 7.11 Å². The minimum Gasteiger partial charge on any atom is -0.383 e. The van der Waals surface area contributed by atoms with Crippen LogP contribution in [0.15, 0.2) is 10.3 Å². The van der Waals surface area contributed by atoms with Gasteiger partial charge in [-0.25, -0.2) is 19.0 Å². The lowest BCUT2D eigenvalue weighted by Crippen LogP contribution is -2.35. The summed E-state index contributed by atoms with van der Waals surface area (Å²) < 4.78 is 30.9. The van der Waals surface area contributed by atoms with Gasteiger partial charge in [-0.2, -0.15) is 0 Å². The van der Waals surface area contributed by atoms with E-state index in [1.54, 1.807) is 6.92 Å². The number of hydrogen-bond acceptors (Lipinski definition) is 8. The molecule has 0 aliphatic rings. The molecule has 1 unspecified atom stereocenters. The summed E-state index contributed by atoms with van der Waals surface area (Å²) in [7, 11) is -2.40. The van der Waals surface area contributed by atoms with E-state index in [1.807, 2.05) is 0 Å². The molecule has 0 amide bonds. The molecule has 0 aliphatic carbocycles. The molecule has 0 aliphatic heterocycles. The lowest BCUT2D eigenvalue weighted by atomic mass is 10.4. The third-order valence-corrected chi connectivity index (χ3v) is 5.17. The van der Waals surface area contributed by atoms with Crippen LogP contribution in [0.3, 0.4) is 0 Å². The summed E-state index contributed by atoms with van der Waals surface area (Å²) in [4.78, 5) is 10.0. The summed E-state index contributed by atoms with van der Waals surface area (Å²) in [6, 6.07) is 0.507. The SMILES string of the molecule is COCC(C)NS(=O)(=O)c1cc([N+](=O)[O-])c(NN)s1. The number of methoxy groups -OCH3 is 1. The Bertz CT molecular complexity index is 555. The third-order valence-electron chi connectivity index (χ3n) is 2.06. The number of nitrogens with zero attached hydrogens (tertiary/aromatic N) is 1. The van der Waals surface area contributed by atoms with E-state index in [2.05, 4.69) is 10.1 Å². The highest BCUT2D eigenvalue weighted by molar-refractivity contribution is 7.91. The second kappa shape index (κ2) is 6.25. The quantitative estimate of drug-likeness (QED) is 0.373. The molecule has 19 heavy (non-hydrogen) atoms. The van der Waals surface area contributed by atoms with E-state index >= 15 is 0 Å². The second-order valence-electron chi connectivity index (χ2n) is 3.66. The molecule has 1 rings (SSSR count). The number of nitrogen functional groups attached to an aromatic ring is 1. The number of nitrogens with one attached hydrogen (secondary N) is 2. The van der Waals surface area contributed by atoms with Gasteiger partial charge in [0.25, 0.3) is 10.0 Å². The molecule has 1 heterocycles. The lowest BCUT2D eigenvalue weighted by Gasteiger charge is -2.11. The van der Waals surface area contributed by atoms with Crippen LogP contribution in [0.2, 0.25) is 0 Å². The van der Waals surface area contributed by atoms with Crippen LogP contribution in [-0.4, -0.2) is 33.1 Å². The van der Waals surface area contributed by atoms with Crippen molar-refractivity contribution in [3.05, 3.63) is 16.2 Å². The highest BCUT2D eigenvalue weighted by Gasteiger charge is 2.26.